The Hall–Kier alpha value is -1.55. The van der Waals surface area contributed by atoms with Gasteiger partial charge in [0.15, 0.2) is 0 Å². The topological polar surface area (TPSA) is 52.6 Å². The molecule has 0 spiro atoms. The van der Waals surface area contributed by atoms with Crippen molar-refractivity contribution in [3.05, 3.63) is 29.8 Å². The smallest absolute Gasteiger partial charge is 0.321 e. The van der Waals surface area contributed by atoms with E-state index in [1.807, 2.05) is 24.3 Å². The number of aliphatic hydroxyl groups excluding tert-OH is 1. The number of unbranched alkanes of at least 4 members (excludes halogenated alkanes) is 1. The standard InChI is InChI=1S/C15H24N2O2/c1-4-5-6-13-7-9-14(10-8-13)16-15(19)17(3)12(2)11-18/h7-10,12,18H,4-6,11H2,1-3H3,(H,16,19). The van der Waals surface area contributed by atoms with Crippen LogP contribution in [0.2, 0.25) is 0 Å². The molecule has 1 unspecified atom stereocenters. The third kappa shape index (κ3) is 4.91. The summed E-state index contributed by atoms with van der Waals surface area (Å²) in [5.74, 6) is 0. The number of carbonyl (C=O) groups is 1. The number of amides is 2. The number of hydrogen-bond acceptors (Lipinski definition) is 2. The van der Waals surface area contributed by atoms with Gasteiger partial charge in [0.1, 0.15) is 0 Å². The third-order valence-electron chi connectivity index (χ3n) is 3.27. The highest BCUT2D eigenvalue weighted by molar-refractivity contribution is 5.89. The van der Waals surface area contributed by atoms with E-state index in [1.165, 1.54) is 23.3 Å². The minimum absolute atomic E-state index is 0.0418. The summed E-state index contributed by atoms with van der Waals surface area (Å²) in [5.41, 5.74) is 2.07. The van der Waals surface area contributed by atoms with Gasteiger partial charge in [0.05, 0.1) is 12.6 Å². The maximum Gasteiger partial charge on any atom is 0.321 e. The number of nitrogens with zero attached hydrogens (tertiary/aromatic N) is 1. The van der Waals surface area contributed by atoms with Crippen molar-refractivity contribution in [1.29, 1.82) is 0 Å². The number of benzene rings is 1. The number of rotatable bonds is 6. The molecule has 0 bridgehead atoms. The Morgan fingerprint density at radius 1 is 1.37 bits per heavy atom. The lowest BCUT2D eigenvalue weighted by Crippen LogP contribution is -2.40. The van der Waals surface area contributed by atoms with E-state index in [2.05, 4.69) is 12.2 Å². The van der Waals surface area contributed by atoms with E-state index in [0.717, 1.165) is 12.1 Å². The van der Waals surface area contributed by atoms with Gasteiger partial charge < -0.3 is 15.3 Å². The molecule has 4 heteroatoms. The van der Waals surface area contributed by atoms with Crippen LogP contribution in [0.1, 0.15) is 32.3 Å². The highest BCUT2D eigenvalue weighted by Gasteiger charge is 2.14. The Balaban J connectivity index is 2.55. The number of anilines is 1. The predicted molar refractivity (Wildman–Crippen MR) is 78.4 cm³/mol. The minimum Gasteiger partial charge on any atom is -0.394 e. The zero-order valence-electron chi connectivity index (χ0n) is 12.0. The first kappa shape index (κ1) is 15.5. The molecule has 0 radical (unpaired) electrons. The van der Waals surface area contributed by atoms with Crippen LogP contribution >= 0.6 is 0 Å². The van der Waals surface area contributed by atoms with Gasteiger partial charge in [0.25, 0.3) is 0 Å². The molecule has 0 saturated heterocycles. The molecule has 1 aromatic carbocycles. The lowest BCUT2D eigenvalue weighted by molar-refractivity contribution is 0.166. The molecule has 1 rings (SSSR count). The van der Waals surface area contributed by atoms with Crippen molar-refractivity contribution in [1.82, 2.24) is 4.90 Å². The van der Waals surface area contributed by atoms with Gasteiger partial charge in [-0.05, 0) is 37.5 Å². The van der Waals surface area contributed by atoms with E-state index in [-0.39, 0.29) is 18.7 Å². The van der Waals surface area contributed by atoms with E-state index < -0.39 is 0 Å². The van der Waals surface area contributed by atoms with Crippen molar-refractivity contribution < 1.29 is 9.90 Å². The zero-order valence-corrected chi connectivity index (χ0v) is 12.0. The van der Waals surface area contributed by atoms with Crippen LogP contribution < -0.4 is 5.32 Å². The Labute approximate surface area is 115 Å². The first-order valence-electron chi connectivity index (χ1n) is 6.82. The molecule has 1 aromatic rings. The van der Waals surface area contributed by atoms with E-state index in [0.29, 0.717) is 0 Å². The summed E-state index contributed by atoms with van der Waals surface area (Å²) >= 11 is 0. The lowest BCUT2D eigenvalue weighted by atomic mass is 10.1. The Bertz CT molecular complexity index is 390. The fraction of sp³-hybridized carbons (Fsp3) is 0.533. The molecule has 106 valence electrons. The van der Waals surface area contributed by atoms with E-state index in [9.17, 15) is 4.79 Å². The van der Waals surface area contributed by atoms with Crippen LogP contribution in [0, 0.1) is 0 Å². The number of aliphatic hydroxyl groups is 1. The van der Waals surface area contributed by atoms with Crippen LogP contribution in [-0.2, 0) is 6.42 Å². The SMILES string of the molecule is CCCCc1ccc(NC(=O)N(C)C(C)CO)cc1. The van der Waals surface area contributed by atoms with Crippen LogP contribution in [0.3, 0.4) is 0 Å². The summed E-state index contributed by atoms with van der Waals surface area (Å²) in [6.45, 7) is 3.93. The minimum atomic E-state index is -0.206. The number of aryl methyl sites for hydroxylation is 1. The van der Waals surface area contributed by atoms with Crippen LogP contribution in [0.5, 0.6) is 0 Å². The first-order chi connectivity index (χ1) is 9.08. The number of urea groups is 1. The van der Waals surface area contributed by atoms with E-state index in [1.54, 1.807) is 14.0 Å². The van der Waals surface area contributed by atoms with Gasteiger partial charge in [0.2, 0.25) is 0 Å². The fourth-order valence-electron chi connectivity index (χ4n) is 1.67. The Morgan fingerprint density at radius 2 is 2.00 bits per heavy atom. The highest BCUT2D eigenvalue weighted by atomic mass is 16.3. The first-order valence-corrected chi connectivity index (χ1v) is 6.82. The molecule has 0 heterocycles. The molecule has 19 heavy (non-hydrogen) atoms. The summed E-state index contributed by atoms with van der Waals surface area (Å²) in [6.07, 6.45) is 3.44. The monoisotopic (exact) mass is 264 g/mol. The second-order valence-electron chi connectivity index (χ2n) is 4.87. The molecule has 0 aliphatic heterocycles. The molecular weight excluding hydrogens is 240 g/mol. The average molecular weight is 264 g/mol. The molecule has 0 aliphatic rings. The van der Waals surface area contributed by atoms with Crippen LogP contribution in [0.25, 0.3) is 0 Å². The maximum atomic E-state index is 11.9. The van der Waals surface area contributed by atoms with Gasteiger partial charge in [0, 0.05) is 12.7 Å². The molecular formula is C15H24N2O2. The van der Waals surface area contributed by atoms with Crippen LogP contribution in [0.15, 0.2) is 24.3 Å². The van der Waals surface area contributed by atoms with Gasteiger partial charge in [-0.2, -0.15) is 0 Å². The molecule has 4 nitrogen and oxygen atoms in total. The fourth-order valence-corrected chi connectivity index (χ4v) is 1.67. The van der Waals surface area contributed by atoms with Crippen molar-refractivity contribution in [2.45, 2.75) is 39.2 Å². The van der Waals surface area contributed by atoms with Gasteiger partial charge in [-0.1, -0.05) is 25.5 Å². The maximum absolute atomic E-state index is 11.9. The summed E-state index contributed by atoms with van der Waals surface area (Å²) in [5, 5.41) is 11.8. The Kier molecular flexibility index (Phi) is 6.36. The molecule has 0 aliphatic carbocycles. The predicted octanol–water partition coefficient (Wildman–Crippen LogP) is 2.87. The summed E-state index contributed by atoms with van der Waals surface area (Å²) in [7, 11) is 1.67. The quantitative estimate of drug-likeness (QED) is 0.830. The van der Waals surface area contributed by atoms with E-state index >= 15 is 0 Å². The van der Waals surface area contributed by atoms with Gasteiger partial charge in [-0.15, -0.1) is 0 Å². The summed E-state index contributed by atoms with van der Waals surface area (Å²) < 4.78 is 0. The number of likely N-dealkylation sites (N-methyl/N-ethyl adjacent to an activating group) is 1. The zero-order chi connectivity index (χ0) is 14.3. The van der Waals surface area contributed by atoms with Crippen molar-refractivity contribution in [2.24, 2.45) is 0 Å². The van der Waals surface area contributed by atoms with Gasteiger partial charge >= 0.3 is 6.03 Å². The van der Waals surface area contributed by atoms with E-state index in [4.69, 9.17) is 5.11 Å². The van der Waals surface area contributed by atoms with Crippen LogP contribution in [0.4, 0.5) is 10.5 Å². The third-order valence-corrected chi connectivity index (χ3v) is 3.27. The van der Waals surface area contributed by atoms with Crippen LogP contribution in [-0.4, -0.2) is 35.7 Å². The van der Waals surface area contributed by atoms with Crippen molar-refractivity contribution in [3.63, 3.8) is 0 Å². The summed E-state index contributed by atoms with van der Waals surface area (Å²) in [4.78, 5) is 13.4. The number of nitrogens with one attached hydrogen (secondary N) is 1. The van der Waals surface area contributed by atoms with Crippen molar-refractivity contribution >= 4 is 11.7 Å². The highest BCUT2D eigenvalue weighted by Crippen LogP contribution is 2.12. The molecule has 0 saturated carbocycles. The Morgan fingerprint density at radius 3 is 2.53 bits per heavy atom. The molecule has 0 aromatic heterocycles. The normalized spacial score (nSPS) is 12.0. The molecule has 0 fully saturated rings. The lowest BCUT2D eigenvalue weighted by Gasteiger charge is -2.23. The molecule has 1 atom stereocenters. The van der Waals surface area contributed by atoms with Crippen molar-refractivity contribution in [2.75, 3.05) is 19.0 Å². The molecule has 2 N–H and O–H groups in total. The number of hydrogen-bond donors (Lipinski definition) is 2. The van der Waals surface area contributed by atoms with Gasteiger partial charge in [-0.3, -0.25) is 0 Å². The second kappa shape index (κ2) is 7.79. The van der Waals surface area contributed by atoms with Gasteiger partial charge in [-0.25, -0.2) is 4.79 Å². The van der Waals surface area contributed by atoms with Crippen molar-refractivity contribution in [3.8, 4) is 0 Å². The number of carbonyl (C=O) groups excluding carboxylic acids is 1. The average Bonchev–Trinajstić information content (AvgIpc) is 2.44. The molecule has 2 amide bonds. The second-order valence-corrected chi connectivity index (χ2v) is 4.87. The summed E-state index contributed by atoms with van der Waals surface area (Å²) in [6, 6.07) is 7.52. The largest absolute Gasteiger partial charge is 0.394 e.